The molecule has 0 aliphatic rings. The number of hydrogen-bond donors (Lipinski definition) is 3. The highest BCUT2D eigenvalue weighted by Gasteiger charge is 2.09. The SMILES string of the molecule is COc1cccc(-c2n[nH]c(=S)n2N=Cc2ccc(O)c(O)c2)c1. The lowest BCUT2D eigenvalue weighted by Gasteiger charge is -2.04. The Morgan fingerprint density at radius 3 is 2.79 bits per heavy atom. The standard InChI is InChI=1S/C16H14N4O3S/c1-23-12-4-2-3-11(8-12)15-18-19-16(24)20(15)17-9-10-5-6-13(21)14(22)7-10/h2-9,21-22H,1H3,(H,19,24). The number of nitrogens with zero attached hydrogens (tertiary/aromatic N) is 3. The molecule has 0 aliphatic heterocycles. The van der Waals surface area contributed by atoms with Crippen LogP contribution in [0.15, 0.2) is 47.6 Å². The van der Waals surface area contributed by atoms with Gasteiger partial charge in [0.25, 0.3) is 0 Å². The second-order valence-electron chi connectivity index (χ2n) is 4.89. The first-order chi connectivity index (χ1) is 11.6. The maximum atomic E-state index is 9.53. The number of H-pyrrole nitrogens is 1. The van der Waals surface area contributed by atoms with E-state index in [9.17, 15) is 10.2 Å². The number of ether oxygens (including phenoxy) is 1. The van der Waals surface area contributed by atoms with E-state index < -0.39 is 0 Å². The fourth-order valence-corrected chi connectivity index (χ4v) is 2.27. The molecular weight excluding hydrogens is 328 g/mol. The van der Waals surface area contributed by atoms with Crippen molar-refractivity contribution in [1.29, 1.82) is 0 Å². The number of nitrogens with one attached hydrogen (secondary N) is 1. The second kappa shape index (κ2) is 6.55. The van der Waals surface area contributed by atoms with Crippen molar-refractivity contribution < 1.29 is 14.9 Å². The molecule has 3 aromatic rings. The summed E-state index contributed by atoms with van der Waals surface area (Å²) in [5.41, 5.74) is 1.39. The van der Waals surface area contributed by atoms with Gasteiger partial charge in [-0.15, -0.1) is 0 Å². The van der Waals surface area contributed by atoms with E-state index in [2.05, 4.69) is 15.3 Å². The van der Waals surface area contributed by atoms with Crippen LogP contribution in [-0.2, 0) is 0 Å². The number of aromatic hydroxyl groups is 2. The molecule has 0 atom stereocenters. The second-order valence-corrected chi connectivity index (χ2v) is 5.28. The van der Waals surface area contributed by atoms with Crippen molar-refractivity contribution in [3.8, 4) is 28.6 Å². The average molecular weight is 342 g/mol. The number of phenolic OH excluding ortho intramolecular Hbond substituents is 2. The average Bonchev–Trinajstić information content (AvgIpc) is 2.97. The number of rotatable bonds is 4. The van der Waals surface area contributed by atoms with Crippen LogP contribution in [0.25, 0.3) is 11.4 Å². The topological polar surface area (TPSA) is 95.7 Å². The van der Waals surface area contributed by atoms with E-state index in [0.29, 0.717) is 21.9 Å². The zero-order valence-corrected chi connectivity index (χ0v) is 13.5. The Bertz CT molecular complexity index is 962. The van der Waals surface area contributed by atoms with E-state index in [-0.39, 0.29) is 11.5 Å². The van der Waals surface area contributed by atoms with Crippen LogP contribution < -0.4 is 4.74 Å². The quantitative estimate of drug-likeness (QED) is 0.385. The van der Waals surface area contributed by atoms with Crippen LogP contribution in [0.4, 0.5) is 0 Å². The third kappa shape index (κ3) is 3.13. The molecule has 0 saturated carbocycles. The summed E-state index contributed by atoms with van der Waals surface area (Å²) in [5.74, 6) is 0.811. The van der Waals surface area contributed by atoms with Crippen molar-refractivity contribution in [2.24, 2.45) is 5.10 Å². The molecule has 0 saturated heterocycles. The number of methoxy groups -OCH3 is 1. The summed E-state index contributed by atoms with van der Waals surface area (Å²) in [4.78, 5) is 0. The van der Waals surface area contributed by atoms with E-state index in [1.54, 1.807) is 13.2 Å². The van der Waals surface area contributed by atoms with Crippen LogP contribution in [0.2, 0.25) is 0 Å². The monoisotopic (exact) mass is 342 g/mol. The van der Waals surface area contributed by atoms with Crippen LogP contribution >= 0.6 is 12.2 Å². The number of aromatic amines is 1. The molecule has 0 spiro atoms. The van der Waals surface area contributed by atoms with Crippen LogP contribution in [-0.4, -0.2) is 38.4 Å². The van der Waals surface area contributed by atoms with Gasteiger partial charge in [0.15, 0.2) is 17.3 Å². The van der Waals surface area contributed by atoms with E-state index >= 15 is 0 Å². The highest BCUT2D eigenvalue weighted by Crippen LogP contribution is 2.25. The Hall–Kier alpha value is -3.13. The lowest BCUT2D eigenvalue weighted by molar-refractivity contribution is 0.403. The molecule has 0 radical (unpaired) electrons. The molecule has 7 nitrogen and oxygen atoms in total. The van der Waals surface area contributed by atoms with Gasteiger partial charge in [0.05, 0.1) is 13.3 Å². The number of hydrogen-bond acceptors (Lipinski definition) is 6. The fraction of sp³-hybridized carbons (Fsp3) is 0.0625. The normalized spacial score (nSPS) is 11.0. The minimum atomic E-state index is -0.220. The maximum absolute atomic E-state index is 9.53. The van der Waals surface area contributed by atoms with Crippen molar-refractivity contribution in [3.05, 3.63) is 52.8 Å². The van der Waals surface area contributed by atoms with Crippen molar-refractivity contribution >= 4 is 18.4 Å². The molecule has 24 heavy (non-hydrogen) atoms. The summed E-state index contributed by atoms with van der Waals surface area (Å²) in [7, 11) is 1.59. The van der Waals surface area contributed by atoms with Gasteiger partial charge in [0.2, 0.25) is 4.77 Å². The Morgan fingerprint density at radius 1 is 1.21 bits per heavy atom. The van der Waals surface area contributed by atoms with E-state index in [1.165, 1.54) is 23.0 Å². The van der Waals surface area contributed by atoms with Crippen molar-refractivity contribution in [1.82, 2.24) is 14.9 Å². The van der Waals surface area contributed by atoms with Crippen LogP contribution in [0.1, 0.15) is 5.56 Å². The summed E-state index contributed by atoms with van der Waals surface area (Å²) in [6, 6.07) is 11.8. The van der Waals surface area contributed by atoms with E-state index in [0.717, 1.165) is 5.56 Å². The lowest BCUT2D eigenvalue weighted by Crippen LogP contribution is -1.95. The maximum Gasteiger partial charge on any atom is 0.216 e. The molecule has 0 unspecified atom stereocenters. The Kier molecular flexibility index (Phi) is 4.30. The van der Waals surface area contributed by atoms with Gasteiger partial charge in [-0.05, 0) is 48.1 Å². The van der Waals surface area contributed by atoms with Gasteiger partial charge in [0, 0.05) is 5.56 Å². The van der Waals surface area contributed by atoms with Gasteiger partial charge >= 0.3 is 0 Å². The predicted molar refractivity (Wildman–Crippen MR) is 92.2 cm³/mol. The number of benzene rings is 2. The highest BCUT2D eigenvalue weighted by atomic mass is 32.1. The van der Waals surface area contributed by atoms with Gasteiger partial charge in [-0.2, -0.15) is 14.9 Å². The largest absolute Gasteiger partial charge is 0.504 e. The molecule has 122 valence electrons. The molecule has 8 heteroatoms. The highest BCUT2D eigenvalue weighted by molar-refractivity contribution is 7.71. The van der Waals surface area contributed by atoms with Gasteiger partial charge in [-0.1, -0.05) is 12.1 Å². The molecule has 0 aliphatic carbocycles. The zero-order chi connectivity index (χ0) is 17.1. The molecule has 3 rings (SSSR count). The fourth-order valence-electron chi connectivity index (χ4n) is 2.09. The lowest BCUT2D eigenvalue weighted by atomic mass is 10.2. The molecule has 3 N–H and O–H groups in total. The minimum absolute atomic E-state index is 0.191. The third-order valence-corrected chi connectivity index (χ3v) is 3.56. The molecule has 1 aromatic heterocycles. The molecule has 1 heterocycles. The summed E-state index contributed by atoms with van der Waals surface area (Å²) >= 11 is 5.21. The summed E-state index contributed by atoms with van der Waals surface area (Å²) < 4.78 is 7.01. The number of aromatic nitrogens is 3. The zero-order valence-electron chi connectivity index (χ0n) is 12.7. The third-order valence-electron chi connectivity index (χ3n) is 3.30. The summed E-state index contributed by atoms with van der Waals surface area (Å²) in [6.45, 7) is 0. The van der Waals surface area contributed by atoms with Crippen LogP contribution in [0, 0.1) is 4.77 Å². The molecule has 0 amide bonds. The van der Waals surface area contributed by atoms with Gasteiger partial charge < -0.3 is 14.9 Å². The Labute approximate surface area is 142 Å². The van der Waals surface area contributed by atoms with Crippen molar-refractivity contribution in [2.45, 2.75) is 0 Å². The predicted octanol–water partition coefficient (Wildman–Crippen LogP) is 2.91. The number of phenols is 2. The van der Waals surface area contributed by atoms with E-state index in [1.807, 2.05) is 24.3 Å². The van der Waals surface area contributed by atoms with Gasteiger partial charge in [-0.3, -0.25) is 0 Å². The molecule has 2 aromatic carbocycles. The first-order valence-corrected chi connectivity index (χ1v) is 7.37. The minimum Gasteiger partial charge on any atom is -0.504 e. The molecular formula is C16H14N4O3S. The van der Waals surface area contributed by atoms with Crippen LogP contribution in [0.3, 0.4) is 0 Å². The first-order valence-electron chi connectivity index (χ1n) is 6.96. The smallest absolute Gasteiger partial charge is 0.216 e. The molecule has 0 bridgehead atoms. The van der Waals surface area contributed by atoms with Crippen molar-refractivity contribution in [2.75, 3.05) is 7.11 Å². The Morgan fingerprint density at radius 2 is 2.04 bits per heavy atom. The van der Waals surface area contributed by atoms with Crippen molar-refractivity contribution in [3.63, 3.8) is 0 Å². The van der Waals surface area contributed by atoms with Gasteiger partial charge in [-0.25, -0.2) is 5.10 Å². The van der Waals surface area contributed by atoms with Gasteiger partial charge in [0.1, 0.15) is 5.75 Å². The summed E-state index contributed by atoms with van der Waals surface area (Å²) in [6.07, 6.45) is 1.51. The van der Waals surface area contributed by atoms with E-state index in [4.69, 9.17) is 17.0 Å². The Balaban J connectivity index is 1.99. The first kappa shape index (κ1) is 15.8. The summed E-state index contributed by atoms with van der Waals surface area (Å²) in [5, 5.41) is 30.1. The molecule has 0 fully saturated rings. The van der Waals surface area contributed by atoms with Crippen LogP contribution in [0.5, 0.6) is 17.2 Å².